The van der Waals surface area contributed by atoms with Gasteiger partial charge in [-0.2, -0.15) is 0 Å². The maximum absolute atomic E-state index is 12.7. The van der Waals surface area contributed by atoms with E-state index in [4.69, 9.17) is 27.9 Å². The van der Waals surface area contributed by atoms with E-state index in [1.807, 2.05) is 26.0 Å². The number of rotatable bonds is 3. The Balaban J connectivity index is 2.62. The summed E-state index contributed by atoms with van der Waals surface area (Å²) in [6.07, 6.45) is 0. The molecule has 0 bridgehead atoms. The second kappa shape index (κ2) is 5.86. The van der Waals surface area contributed by atoms with Crippen LogP contribution >= 0.6 is 23.2 Å². The molecular weight excluding hydrogens is 295 g/mol. The van der Waals surface area contributed by atoms with Crippen molar-refractivity contribution in [2.45, 2.75) is 13.8 Å². The summed E-state index contributed by atoms with van der Waals surface area (Å²) in [6.45, 7) is 3.83. The summed E-state index contributed by atoms with van der Waals surface area (Å²) in [5.41, 5.74) is 2.78. The van der Waals surface area contributed by atoms with E-state index in [2.05, 4.69) is 0 Å². The summed E-state index contributed by atoms with van der Waals surface area (Å²) in [5, 5.41) is 0.850. The number of benzene rings is 2. The van der Waals surface area contributed by atoms with Crippen molar-refractivity contribution in [2.75, 3.05) is 7.11 Å². The Morgan fingerprint density at radius 1 is 1.10 bits per heavy atom. The molecule has 0 saturated heterocycles. The van der Waals surface area contributed by atoms with Crippen molar-refractivity contribution in [3.8, 4) is 5.75 Å². The first-order chi connectivity index (χ1) is 9.43. The minimum atomic E-state index is -0.188. The number of halogens is 2. The highest BCUT2D eigenvalue weighted by Gasteiger charge is 2.20. The monoisotopic (exact) mass is 308 g/mol. The average molecular weight is 309 g/mol. The SMILES string of the molecule is COc1cc(C)cc(C)c1C(=O)c1cc(Cl)ccc1Cl. The Morgan fingerprint density at radius 2 is 1.80 bits per heavy atom. The quantitative estimate of drug-likeness (QED) is 0.758. The van der Waals surface area contributed by atoms with Crippen molar-refractivity contribution in [3.63, 3.8) is 0 Å². The third-order valence-electron chi connectivity index (χ3n) is 3.06. The van der Waals surface area contributed by atoms with Gasteiger partial charge in [0.25, 0.3) is 0 Å². The highest BCUT2D eigenvalue weighted by molar-refractivity contribution is 6.37. The van der Waals surface area contributed by atoms with Crippen LogP contribution in [0.4, 0.5) is 0 Å². The first-order valence-electron chi connectivity index (χ1n) is 6.09. The summed E-state index contributed by atoms with van der Waals surface area (Å²) in [7, 11) is 1.55. The molecule has 2 rings (SSSR count). The number of ketones is 1. The van der Waals surface area contributed by atoms with Crippen LogP contribution in [0, 0.1) is 13.8 Å². The van der Waals surface area contributed by atoms with E-state index in [1.165, 1.54) is 0 Å². The standard InChI is InChI=1S/C16H14Cl2O2/c1-9-6-10(2)15(14(7-9)20-3)16(19)12-8-11(17)4-5-13(12)18/h4-8H,1-3H3. The molecule has 0 aliphatic rings. The Labute approximate surface area is 128 Å². The molecule has 2 nitrogen and oxygen atoms in total. The van der Waals surface area contributed by atoms with Gasteiger partial charge < -0.3 is 4.74 Å². The van der Waals surface area contributed by atoms with E-state index in [0.29, 0.717) is 26.9 Å². The van der Waals surface area contributed by atoms with Crippen LogP contribution in [-0.4, -0.2) is 12.9 Å². The first kappa shape index (κ1) is 14.9. The van der Waals surface area contributed by atoms with Gasteiger partial charge in [-0.05, 0) is 49.2 Å². The minimum absolute atomic E-state index is 0.188. The Hall–Kier alpha value is -1.51. The van der Waals surface area contributed by atoms with Gasteiger partial charge in [-0.1, -0.05) is 29.3 Å². The average Bonchev–Trinajstić information content (AvgIpc) is 2.40. The molecule has 104 valence electrons. The Morgan fingerprint density at radius 3 is 2.45 bits per heavy atom. The molecule has 0 saturated carbocycles. The second-order valence-electron chi connectivity index (χ2n) is 4.61. The highest BCUT2D eigenvalue weighted by Crippen LogP contribution is 2.30. The van der Waals surface area contributed by atoms with E-state index in [1.54, 1.807) is 25.3 Å². The highest BCUT2D eigenvalue weighted by atomic mass is 35.5. The molecule has 4 heteroatoms. The fourth-order valence-corrected chi connectivity index (χ4v) is 2.56. The molecular formula is C16H14Cl2O2. The van der Waals surface area contributed by atoms with E-state index in [9.17, 15) is 4.79 Å². The molecule has 0 unspecified atom stereocenters. The topological polar surface area (TPSA) is 26.3 Å². The lowest BCUT2D eigenvalue weighted by molar-refractivity contribution is 0.103. The van der Waals surface area contributed by atoms with Crippen molar-refractivity contribution in [1.82, 2.24) is 0 Å². The molecule has 0 heterocycles. The molecule has 0 spiro atoms. The van der Waals surface area contributed by atoms with Gasteiger partial charge in [-0.25, -0.2) is 0 Å². The lowest BCUT2D eigenvalue weighted by Gasteiger charge is -2.13. The zero-order valence-corrected chi connectivity index (χ0v) is 13.0. The number of aryl methyl sites for hydroxylation is 2. The molecule has 0 aliphatic heterocycles. The molecule has 0 aliphatic carbocycles. The summed E-state index contributed by atoms with van der Waals surface area (Å²) in [4.78, 5) is 12.7. The van der Waals surface area contributed by atoms with Gasteiger partial charge in [0.15, 0.2) is 5.78 Å². The van der Waals surface area contributed by atoms with Crippen molar-refractivity contribution >= 4 is 29.0 Å². The maximum atomic E-state index is 12.7. The molecule has 2 aromatic carbocycles. The van der Waals surface area contributed by atoms with Crippen LogP contribution in [-0.2, 0) is 0 Å². The largest absolute Gasteiger partial charge is 0.496 e. The van der Waals surface area contributed by atoms with Gasteiger partial charge in [0, 0.05) is 10.6 Å². The molecule has 0 radical (unpaired) electrons. The molecule has 20 heavy (non-hydrogen) atoms. The summed E-state index contributed by atoms with van der Waals surface area (Å²) >= 11 is 12.0. The zero-order valence-electron chi connectivity index (χ0n) is 11.5. The Kier molecular flexibility index (Phi) is 4.36. The number of hydrogen-bond acceptors (Lipinski definition) is 2. The van der Waals surface area contributed by atoms with Gasteiger partial charge in [0.1, 0.15) is 5.75 Å². The van der Waals surface area contributed by atoms with Crippen LogP contribution in [0.25, 0.3) is 0 Å². The number of ether oxygens (including phenoxy) is 1. The molecule has 0 fully saturated rings. The second-order valence-corrected chi connectivity index (χ2v) is 5.46. The summed E-state index contributed by atoms with van der Waals surface area (Å²) in [5.74, 6) is 0.357. The van der Waals surface area contributed by atoms with E-state index in [-0.39, 0.29) is 5.78 Å². The molecule has 0 N–H and O–H groups in total. The van der Waals surface area contributed by atoms with Crippen molar-refractivity contribution < 1.29 is 9.53 Å². The number of carbonyl (C=O) groups is 1. The number of methoxy groups -OCH3 is 1. The molecule has 0 aromatic heterocycles. The summed E-state index contributed by atoms with van der Waals surface area (Å²) in [6, 6.07) is 8.62. The third-order valence-corrected chi connectivity index (χ3v) is 3.63. The normalized spacial score (nSPS) is 10.4. The minimum Gasteiger partial charge on any atom is -0.496 e. The van der Waals surface area contributed by atoms with E-state index < -0.39 is 0 Å². The van der Waals surface area contributed by atoms with Crippen molar-refractivity contribution in [3.05, 3.63) is 62.6 Å². The molecule has 0 amide bonds. The van der Waals surface area contributed by atoms with Crippen LogP contribution in [0.3, 0.4) is 0 Å². The third kappa shape index (κ3) is 2.82. The Bertz CT molecular complexity index is 678. The van der Waals surface area contributed by atoms with Crippen LogP contribution in [0.5, 0.6) is 5.75 Å². The van der Waals surface area contributed by atoms with Gasteiger partial charge in [0.2, 0.25) is 0 Å². The van der Waals surface area contributed by atoms with Gasteiger partial charge in [0.05, 0.1) is 17.7 Å². The predicted molar refractivity (Wildman–Crippen MR) is 82.4 cm³/mol. The predicted octanol–water partition coefficient (Wildman–Crippen LogP) is 4.85. The first-order valence-corrected chi connectivity index (χ1v) is 6.84. The zero-order chi connectivity index (χ0) is 14.9. The lowest BCUT2D eigenvalue weighted by Crippen LogP contribution is -2.07. The van der Waals surface area contributed by atoms with E-state index in [0.717, 1.165) is 11.1 Å². The van der Waals surface area contributed by atoms with Crippen molar-refractivity contribution in [1.29, 1.82) is 0 Å². The van der Waals surface area contributed by atoms with Crippen LogP contribution in [0.1, 0.15) is 27.0 Å². The van der Waals surface area contributed by atoms with Crippen LogP contribution < -0.4 is 4.74 Å². The van der Waals surface area contributed by atoms with Gasteiger partial charge >= 0.3 is 0 Å². The number of hydrogen-bond donors (Lipinski definition) is 0. The molecule has 0 atom stereocenters. The van der Waals surface area contributed by atoms with Gasteiger partial charge in [-0.3, -0.25) is 4.79 Å². The lowest BCUT2D eigenvalue weighted by atomic mass is 9.96. The smallest absolute Gasteiger partial charge is 0.198 e. The fraction of sp³-hybridized carbons (Fsp3) is 0.188. The van der Waals surface area contributed by atoms with Gasteiger partial charge in [-0.15, -0.1) is 0 Å². The fourth-order valence-electron chi connectivity index (χ4n) is 2.19. The van der Waals surface area contributed by atoms with Crippen molar-refractivity contribution in [2.24, 2.45) is 0 Å². The van der Waals surface area contributed by atoms with Crippen LogP contribution in [0.2, 0.25) is 10.0 Å². The molecule has 2 aromatic rings. The van der Waals surface area contributed by atoms with E-state index >= 15 is 0 Å². The number of carbonyl (C=O) groups excluding carboxylic acids is 1. The summed E-state index contributed by atoms with van der Waals surface area (Å²) < 4.78 is 5.32. The van der Waals surface area contributed by atoms with Crippen LogP contribution in [0.15, 0.2) is 30.3 Å². The maximum Gasteiger partial charge on any atom is 0.198 e.